The number of aromatic nitrogens is 3. The molecule has 0 atom stereocenters. The predicted octanol–water partition coefficient (Wildman–Crippen LogP) is 4.40. The summed E-state index contributed by atoms with van der Waals surface area (Å²) in [5, 5.41) is 12.9. The quantitative estimate of drug-likeness (QED) is 0.395. The van der Waals surface area contributed by atoms with E-state index in [0.29, 0.717) is 30.8 Å². The molecule has 1 N–H and O–H groups in total. The van der Waals surface area contributed by atoms with Crippen LogP contribution < -0.4 is 16.0 Å². The first-order valence-corrected chi connectivity index (χ1v) is 12.3. The van der Waals surface area contributed by atoms with Gasteiger partial charge in [0, 0.05) is 18.7 Å². The van der Waals surface area contributed by atoms with Crippen molar-refractivity contribution < 1.29 is 9.53 Å². The molecule has 0 saturated heterocycles. The van der Waals surface area contributed by atoms with Crippen molar-refractivity contribution in [1.29, 1.82) is 5.26 Å². The van der Waals surface area contributed by atoms with E-state index in [-0.39, 0.29) is 27.4 Å². The van der Waals surface area contributed by atoms with Gasteiger partial charge in [-0.25, -0.2) is 4.79 Å². The van der Waals surface area contributed by atoms with E-state index in [0.717, 1.165) is 15.8 Å². The van der Waals surface area contributed by atoms with Crippen LogP contribution in [0.1, 0.15) is 32.7 Å². The monoisotopic (exact) mass is 547 g/mol. The lowest BCUT2D eigenvalue weighted by atomic mass is 9.98. The van der Waals surface area contributed by atoms with E-state index in [1.165, 1.54) is 17.7 Å². The SMILES string of the molecule is Cc1ccc(CN2CCc3cc(Oc4c(Cl)cc(-n5nc(C#N)c(=O)[nH]c5=O)cc4Cl)ccc3C2=O)cc1. The number of H-pyrrole nitrogens is 1. The van der Waals surface area contributed by atoms with Gasteiger partial charge in [-0.15, -0.1) is 5.10 Å². The zero-order chi connectivity index (χ0) is 27.0. The standard InChI is InChI=1S/C27H19Cl2N5O4/c1-15-2-4-16(5-3-15)14-33-9-8-17-10-19(6-7-20(17)26(33)36)38-24-21(28)11-18(12-22(24)29)34-27(37)31-25(35)23(13-30)32-34/h2-7,10-12H,8-9,14H2,1H3,(H,31,35,37). The third-order valence-corrected chi connectivity index (χ3v) is 6.68. The molecule has 3 aromatic carbocycles. The number of hydrogen-bond donors (Lipinski definition) is 1. The molecule has 5 rings (SSSR count). The Balaban J connectivity index is 1.38. The van der Waals surface area contributed by atoms with E-state index in [2.05, 4.69) is 5.10 Å². The Morgan fingerprint density at radius 3 is 2.45 bits per heavy atom. The van der Waals surface area contributed by atoms with Gasteiger partial charge in [-0.1, -0.05) is 53.0 Å². The number of carbonyl (C=O) groups excluding carboxylic acids is 1. The Morgan fingerprint density at radius 2 is 1.76 bits per heavy atom. The number of aromatic amines is 1. The molecule has 0 saturated carbocycles. The van der Waals surface area contributed by atoms with Gasteiger partial charge in [0.1, 0.15) is 11.8 Å². The average molecular weight is 548 g/mol. The number of hydrogen-bond acceptors (Lipinski definition) is 6. The highest BCUT2D eigenvalue weighted by Gasteiger charge is 2.25. The zero-order valence-corrected chi connectivity index (χ0v) is 21.5. The number of benzene rings is 3. The van der Waals surface area contributed by atoms with Crippen LogP contribution in [-0.4, -0.2) is 32.1 Å². The van der Waals surface area contributed by atoms with Crippen LogP contribution in [0.25, 0.3) is 5.69 Å². The number of halogens is 2. The lowest BCUT2D eigenvalue weighted by Gasteiger charge is -2.29. The van der Waals surface area contributed by atoms with Crippen LogP contribution in [0.5, 0.6) is 11.5 Å². The predicted molar refractivity (Wildman–Crippen MR) is 141 cm³/mol. The molecule has 0 bridgehead atoms. The van der Waals surface area contributed by atoms with Crippen molar-refractivity contribution in [3.8, 4) is 23.3 Å². The van der Waals surface area contributed by atoms with Crippen LogP contribution >= 0.6 is 23.2 Å². The Bertz CT molecular complexity index is 1720. The van der Waals surface area contributed by atoms with E-state index < -0.39 is 16.9 Å². The Hall–Kier alpha value is -4.39. The number of fused-ring (bicyclic) bond motifs is 1. The highest BCUT2D eigenvalue weighted by molar-refractivity contribution is 6.37. The molecular weight excluding hydrogens is 529 g/mol. The maximum Gasteiger partial charge on any atom is 0.349 e. The van der Waals surface area contributed by atoms with Gasteiger partial charge in [0.25, 0.3) is 11.5 Å². The molecule has 2 heterocycles. The first kappa shape index (κ1) is 25.3. The van der Waals surface area contributed by atoms with Crippen LogP contribution in [0, 0.1) is 18.3 Å². The molecule has 1 aliphatic heterocycles. The fraction of sp³-hybridized carbons (Fsp3) is 0.148. The zero-order valence-electron chi connectivity index (χ0n) is 20.0. The van der Waals surface area contributed by atoms with E-state index in [1.54, 1.807) is 24.3 Å². The van der Waals surface area contributed by atoms with E-state index in [4.69, 9.17) is 33.2 Å². The second-order valence-corrected chi connectivity index (χ2v) is 9.57. The summed E-state index contributed by atoms with van der Waals surface area (Å²) in [6, 6.07) is 17.7. The molecule has 1 aliphatic rings. The molecule has 0 aliphatic carbocycles. The molecule has 38 heavy (non-hydrogen) atoms. The van der Waals surface area contributed by atoms with Gasteiger partial charge in [0.05, 0.1) is 15.7 Å². The minimum absolute atomic E-state index is 0.0469. The summed E-state index contributed by atoms with van der Waals surface area (Å²) >= 11 is 12.8. The molecule has 11 heteroatoms. The number of aryl methyl sites for hydroxylation is 1. The van der Waals surface area contributed by atoms with E-state index in [1.807, 2.05) is 41.1 Å². The number of nitrogens with one attached hydrogen (secondary N) is 1. The first-order chi connectivity index (χ1) is 18.2. The lowest BCUT2D eigenvalue weighted by Crippen LogP contribution is -2.37. The highest BCUT2D eigenvalue weighted by atomic mass is 35.5. The summed E-state index contributed by atoms with van der Waals surface area (Å²) in [5.74, 6) is 0.527. The summed E-state index contributed by atoms with van der Waals surface area (Å²) in [6.45, 7) is 3.14. The van der Waals surface area contributed by atoms with Crippen molar-refractivity contribution >= 4 is 29.1 Å². The minimum Gasteiger partial charge on any atom is -0.454 e. The molecule has 0 fully saturated rings. The Labute approximate surface area is 226 Å². The molecule has 190 valence electrons. The van der Waals surface area contributed by atoms with Crippen molar-refractivity contribution in [1.82, 2.24) is 19.7 Å². The molecule has 0 unspecified atom stereocenters. The fourth-order valence-corrected chi connectivity index (χ4v) is 4.73. The number of amides is 1. The summed E-state index contributed by atoms with van der Waals surface area (Å²) in [4.78, 5) is 40.8. The van der Waals surface area contributed by atoms with Crippen molar-refractivity contribution in [2.75, 3.05) is 6.54 Å². The number of nitriles is 1. The normalized spacial score (nSPS) is 12.7. The Morgan fingerprint density at radius 1 is 1.05 bits per heavy atom. The lowest BCUT2D eigenvalue weighted by molar-refractivity contribution is 0.0727. The molecule has 1 aromatic heterocycles. The first-order valence-electron chi connectivity index (χ1n) is 11.5. The maximum atomic E-state index is 13.1. The van der Waals surface area contributed by atoms with Crippen LogP contribution in [-0.2, 0) is 13.0 Å². The van der Waals surface area contributed by atoms with E-state index >= 15 is 0 Å². The van der Waals surface area contributed by atoms with Crippen LogP contribution in [0.15, 0.2) is 64.2 Å². The minimum atomic E-state index is -0.893. The number of nitrogens with zero attached hydrogens (tertiary/aromatic N) is 4. The second kappa shape index (κ2) is 10.2. The third kappa shape index (κ3) is 4.92. The largest absolute Gasteiger partial charge is 0.454 e. The number of rotatable bonds is 5. The fourth-order valence-electron chi connectivity index (χ4n) is 4.17. The van der Waals surface area contributed by atoms with Crippen molar-refractivity contribution in [3.63, 3.8) is 0 Å². The van der Waals surface area contributed by atoms with Crippen LogP contribution in [0.4, 0.5) is 0 Å². The van der Waals surface area contributed by atoms with Gasteiger partial charge in [-0.3, -0.25) is 14.6 Å². The molecule has 4 aromatic rings. The van der Waals surface area contributed by atoms with Gasteiger partial charge in [0.2, 0.25) is 5.69 Å². The Kier molecular flexibility index (Phi) is 6.76. The van der Waals surface area contributed by atoms with Gasteiger partial charge in [-0.2, -0.15) is 9.94 Å². The number of ether oxygens (including phenoxy) is 1. The highest BCUT2D eigenvalue weighted by Crippen LogP contribution is 2.39. The smallest absolute Gasteiger partial charge is 0.349 e. The van der Waals surface area contributed by atoms with Crippen LogP contribution in [0.3, 0.4) is 0 Å². The molecule has 1 amide bonds. The second-order valence-electron chi connectivity index (χ2n) is 8.75. The van der Waals surface area contributed by atoms with Crippen molar-refractivity contribution in [2.24, 2.45) is 0 Å². The van der Waals surface area contributed by atoms with Gasteiger partial charge in [0.15, 0.2) is 5.75 Å². The van der Waals surface area contributed by atoms with Gasteiger partial charge >= 0.3 is 5.69 Å². The van der Waals surface area contributed by atoms with E-state index in [9.17, 15) is 14.4 Å². The number of carbonyl (C=O) groups is 1. The van der Waals surface area contributed by atoms with Gasteiger partial charge < -0.3 is 9.64 Å². The summed E-state index contributed by atoms with van der Waals surface area (Å²) in [5.41, 5.74) is 1.60. The average Bonchev–Trinajstić information content (AvgIpc) is 2.89. The maximum absolute atomic E-state index is 13.1. The van der Waals surface area contributed by atoms with Crippen molar-refractivity contribution in [3.05, 3.63) is 113 Å². The summed E-state index contributed by atoms with van der Waals surface area (Å²) in [6.07, 6.45) is 0.659. The van der Waals surface area contributed by atoms with Gasteiger partial charge in [-0.05, 0) is 54.8 Å². The topological polar surface area (TPSA) is 121 Å². The molecule has 9 nitrogen and oxygen atoms in total. The molecule has 0 spiro atoms. The summed E-state index contributed by atoms with van der Waals surface area (Å²) in [7, 11) is 0. The molecule has 0 radical (unpaired) electrons. The molecular formula is C27H19Cl2N5O4. The van der Waals surface area contributed by atoms with Crippen LogP contribution in [0.2, 0.25) is 10.0 Å². The van der Waals surface area contributed by atoms with Crippen molar-refractivity contribution in [2.45, 2.75) is 19.9 Å². The summed E-state index contributed by atoms with van der Waals surface area (Å²) < 4.78 is 6.77. The third-order valence-electron chi connectivity index (χ3n) is 6.12.